The second-order valence-electron chi connectivity index (χ2n) is 5.40. The van der Waals surface area contributed by atoms with E-state index >= 15 is 0 Å². The summed E-state index contributed by atoms with van der Waals surface area (Å²) in [5.41, 5.74) is 8.92. The van der Waals surface area contributed by atoms with Crippen LogP contribution < -0.4 is 10.5 Å². The maximum atomic E-state index is 8.78. The highest BCUT2D eigenvalue weighted by Crippen LogP contribution is 2.35. The molecule has 144 valence electrons. The number of nitriles is 3. The van der Waals surface area contributed by atoms with E-state index in [9.17, 15) is 0 Å². The first-order valence-corrected chi connectivity index (χ1v) is 8.19. The molecule has 9 nitrogen and oxygen atoms in total. The van der Waals surface area contributed by atoms with Crippen LogP contribution in [-0.2, 0) is 38.8 Å². The molecule has 1 rings (SSSR count). The van der Waals surface area contributed by atoms with Crippen LogP contribution in [0.3, 0.4) is 0 Å². The van der Waals surface area contributed by atoms with Crippen LogP contribution in [0.4, 0.5) is 0 Å². The molecule has 9 heteroatoms. The molecule has 0 radical (unpaired) electrons. The largest absolute Gasteiger partial charge is 0.490 e. The Labute approximate surface area is 158 Å². The first-order chi connectivity index (χ1) is 13.1. The van der Waals surface area contributed by atoms with Crippen LogP contribution in [0, 0.1) is 48.4 Å². The van der Waals surface area contributed by atoms with Crippen LogP contribution in [0.1, 0.15) is 27.8 Å². The normalized spacial score (nSPS) is 9.63. The van der Waals surface area contributed by atoms with Crippen LogP contribution >= 0.6 is 0 Å². The highest BCUT2D eigenvalue weighted by Gasteiger charge is 2.22. The number of hydrogen-bond donors (Lipinski definition) is 1. The van der Waals surface area contributed by atoms with Crippen molar-refractivity contribution in [3.8, 4) is 24.5 Å². The highest BCUT2D eigenvalue weighted by molar-refractivity contribution is 5.55. The minimum absolute atomic E-state index is 0.0271. The van der Waals surface area contributed by atoms with Gasteiger partial charge >= 0.3 is 0 Å². The van der Waals surface area contributed by atoms with Crippen molar-refractivity contribution in [2.45, 2.75) is 33.7 Å². The van der Waals surface area contributed by atoms with Gasteiger partial charge in [0, 0.05) is 17.7 Å². The quantitative estimate of drug-likeness (QED) is 0.426. The van der Waals surface area contributed by atoms with Gasteiger partial charge in [0.25, 0.3) is 18.8 Å². The van der Waals surface area contributed by atoms with Crippen LogP contribution in [0.2, 0.25) is 0 Å². The molecule has 0 atom stereocenters. The predicted octanol–water partition coefficient (Wildman–Crippen LogP) is 1.65. The molecule has 1 aromatic carbocycles. The van der Waals surface area contributed by atoms with Gasteiger partial charge in [0.05, 0.1) is 13.2 Å². The van der Waals surface area contributed by atoms with Crippen molar-refractivity contribution in [2.24, 2.45) is 5.73 Å². The van der Waals surface area contributed by atoms with Crippen LogP contribution in [-0.4, -0.2) is 26.4 Å². The number of rotatable bonds is 12. The summed E-state index contributed by atoms with van der Waals surface area (Å²) in [7, 11) is 0. The summed E-state index contributed by atoms with van der Waals surface area (Å²) < 4.78 is 25.9. The molecule has 0 heterocycles. The Morgan fingerprint density at radius 1 is 0.741 bits per heavy atom. The zero-order valence-corrected chi connectivity index (χ0v) is 15.4. The molecule has 0 bridgehead atoms. The van der Waals surface area contributed by atoms with Gasteiger partial charge in [-0.05, 0) is 30.5 Å². The fourth-order valence-corrected chi connectivity index (χ4v) is 2.61. The molecule has 0 unspecified atom stereocenters. The fourth-order valence-electron chi connectivity index (χ4n) is 2.61. The summed E-state index contributed by atoms with van der Waals surface area (Å²) in [5, 5.41) is 26.3. The molecule has 0 fully saturated rings. The lowest BCUT2D eigenvalue weighted by atomic mass is 9.92. The SMILES string of the molecule is Cc1c(COC#N)c(C)c(COC#N)c(OCCOCCN)c1COC#N. The standard InChI is InChI=1S/C18H22N4O5/c1-13-15(7-24-10-20)14(2)17(9-26-12-22)18(16(13)8-25-11-21)27-6-5-23-4-3-19/h3-9,19H2,1-2H3. The van der Waals surface area contributed by atoms with E-state index in [-0.39, 0.29) is 26.4 Å². The second kappa shape index (κ2) is 12.2. The molecule has 0 aliphatic heterocycles. The maximum absolute atomic E-state index is 8.78. The molecule has 0 aliphatic carbocycles. The summed E-state index contributed by atoms with van der Waals surface area (Å²) >= 11 is 0. The smallest absolute Gasteiger partial charge is 0.286 e. The Morgan fingerprint density at radius 3 is 1.67 bits per heavy atom. The van der Waals surface area contributed by atoms with Gasteiger partial charge in [-0.3, -0.25) is 0 Å². The maximum Gasteiger partial charge on any atom is 0.286 e. The van der Waals surface area contributed by atoms with Crippen LogP contribution in [0.5, 0.6) is 5.75 Å². The van der Waals surface area contributed by atoms with Gasteiger partial charge in [-0.25, -0.2) is 0 Å². The number of benzene rings is 1. The van der Waals surface area contributed by atoms with Crippen molar-refractivity contribution in [1.29, 1.82) is 15.8 Å². The Hall–Kier alpha value is -3.19. The molecule has 0 saturated heterocycles. The minimum atomic E-state index is -0.0271. The van der Waals surface area contributed by atoms with E-state index in [1.807, 2.05) is 13.8 Å². The molecule has 0 aliphatic rings. The Kier molecular flexibility index (Phi) is 9.88. The molecule has 0 saturated carbocycles. The summed E-state index contributed by atoms with van der Waals surface area (Å²) in [5.74, 6) is 0.465. The third kappa shape index (κ3) is 6.23. The fraction of sp³-hybridized carbons (Fsp3) is 0.500. The van der Waals surface area contributed by atoms with Crippen molar-refractivity contribution in [3.63, 3.8) is 0 Å². The van der Waals surface area contributed by atoms with Gasteiger partial charge < -0.3 is 29.4 Å². The van der Waals surface area contributed by atoms with Gasteiger partial charge in [0.15, 0.2) is 0 Å². The topological polar surface area (TPSA) is 144 Å². The summed E-state index contributed by atoms with van der Waals surface area (Å²) in [4.78, 5) is 0. The van der Waals surface area contributed by atoms with E-state index in [0.717, 1.165) is 16.7 Å². The van der Waals surface area contributed by atoms with Crippen LogP contribution in [0.15, 0.2) is 0 Å². The van der Waals surface area contributed by atoms with Gasteiger partial charge in [-0.2, -0.15) is 15.8 Å². The van der Waals surface area contributed by atoms with Gasteiger partial charge in [-0.1, -0.05) is 0 Å². The first-order valence-electron chi connectivity index (χ1n) is 8.19. The Bertz CT molecular complexity index is 701. The average Bonchev–Trinajstić information content (AvgIpc) is 2.67. The molecule has 27 heavy (non-hydrogen) atoms. The lowest BCUT2D eigenvalue weighted by Crippen LogP contribution is -2.16. The number of nitrogens with two attached hydrogens (primary N) is 1. The number of nitrogens with zero attached hydrogens (tertiary/aromatic N) is 3. The van der Waals surface area contributed by atoms with Crippen molar-refractivity contribution < 1.29 is 23.7 Å². The Balaban J connectivity index is 3.32. The summed E-state index contributed by atoms with van der Waals surface area (Å²) in [6, 6.07) is 0. The lowest BCUT2D eigenvalue weighted by molar-refractivity contribution is 0.103. The van der Waals surface area contributed by atoms with Crippen molar-refractivity contribution in [2.75, 3.05) is 26.4 Å². The predicted molar refractivity (Wildman–Crippen MR) is 92.5 cm³/mol. The summed E-state index contributed by atoms with van der Waals surface area (Å²) in [6.45, 7) is 5.04. The molecular formula is C18H22N4O5. The van der Waals surface area contributed by atoms with Crippen molar-refractivity contribution in [1.82, 2.24) is 0 Å². The molecule has 1 aromatic rings. The monoisotopic (exact) mass is 374 g/mol. The van der Waals surface area contributed by atoms with Gasteiger partial charge in [0.1, 0.15) is 32.2 Å². The summed E-state index contributed by atoms with van der Waals surface area (Å²) in [6.07, 6.45) is 4.91. The van der Waals surface area contributed by atoms with E-state index in [4.69, 9.17) is 45.2 Å². The minimum Gasteiger partial charge on any atom is -0.490 e. The molecule has 2 N–H and O–H groups in total. The van der Waals surface area contributed by atoms with Crippen molar-refractivity contribution in [3.05, 3.63) is 27.8 Å². The molecule has 0 aromatic heterocycles. The molecule has 0 spiro atoms. The van der Waals surface area contributed by atoms with E-state index < -0.39 is 0 Å². The van der Waals surface area contributed by atoms with Crippen molar-refractivity contribution >= 4 is 0 Å². The lowest BCUT2D eigenvalue weighted by Gasteiger charge is -2.22. The van der Waals surface area contributed by atoms with Crippen LogP contribution in [0.25, 0.3) is 0 Å². The average molecular weight is 374 g/mol. The third-order valence-corrected chi connectivity index (χ3v) is 3.94. The molecule has 0 amide bonds. The Morgan fingerprint density at radius 2 is 1.22 bits per heavy atom. The highest BCUT2D eigenvalue weighted by atomic mass is 16.5. The third-order valence-electron chi connectivity index (χ3n) is 3.94. The zero-order chi connectivity index (χ0) is 20.1. The first kappa shape index (κ1) is 21.9. The van der Waals surface area contributed by atoms with Gasteiger partial charge in [0.2, 0.25) is 0 Å². The molecular weight excluding hydrogens is 352 g/mol. The van der Waals surface area contributed by atoms with Gasteiger partial charge in [-0.15, -0.1) is 0 Å². The van der Waals surface area contributed by atoms with E-state index in [1.165, 1.54) is 0 Å². The second-order valence-corrected chi connectivity index (χ2v) is 5.40. The van der Waals surface area contributed by atoms with E-state index in [0.29, 0.717) is 36.6 Å². The number of hydrogen-bond acceptors (Lipinski definition) is 9. The van der Waals surface area contributed by atoms with E-state index in [2.05, 4.69) is 0 Å². The zero-order valence-electron chi connectivity index (χ0n) is 15.4. The van der Waals surface area contributed by atoms with E-state index in [1.54, 1.807) is 18.8 Å². The number of ether oxygens (including phenoxy) is 5.